The van der Waals surface area contributed by atoms with E-state index in [1.54, 1.807) is 14.2 Å². The zero-order valence-electron chi connectivity index (χ0n) is 22.8. The summed E-state index contributed by atoms with van der Waals surface area (Å²) in [5.74, 6) is -0.913. The van der Waals surface area contributed by atoms with Crippen molar-refractivity contribution in [1.29, 1.82) is 0 Å². The third-order valence-electron chi connectivity index (χ3n) is 9.93. The first-order valence-corrected chi connectivity index (χ1v) is 14.2. The second kappa shape index (κ2) is 11.3. The Morgan fingerprint density at radius 1 is 0.632 bits per heavy atom. The summed E-state index contributed by atoms with van der Waals surface area (Å²) >= 11 is 0. The summed E-state index contributed by atoms with van der Waals surface area (Å²) in [4.78, 5) is 56.4. The molecule has 0 aromatic rings. The molecule has 7 aliphatic rings. The molecule has 0 amide bonds. The third-order valence-corrected chi connectivity index (χ3v) is 9.93. The SMILES string of the molecule is COC[C@@]1(COC(=O)C2CCC(C(=O)OC[C@]3(COC)C(=O)C4CCN3CC4)CC2)C(=O)C2CCN1CC2. The van der Waals surface area contributed by atoms with Gasteiger partial charge in [-0.25, -0.2) is 0 Å². The summed E-state index contributed by atoms with van der Waals surface area (Å²) in [5, 5.41) is 0. The molecule has 4 bridgehead atoms. The van der Waals surface area contributed by atoms with Crippen LogP contribution in [-0.2, 0) is 38.1 Å². The van der Waals surface area contributed by atoms with E-state index in [1.165, 1.54) is 0 Å². The van der Waals surface area contributed by atoms with Crippen LogP contribution in [-0.4, -0.2) is 111 Å². The van der Waals surface area contributed by atoms with Crippen molar-refractivity contribution in [3.63, 3.8) is 0 Å². The molecule has 0 spiro atoms. The minimum Gasteiger partial charge on any atom is -0.463 e. The topological polar surface area (TPSA) is 112 Å². The van der Waals surface area contributed by atoms with Gasteiger partial charge < -0.3 is 18.9 Å². The van der Waals surface area contributed by atoms with Crippen LogP contribution in [0.1, 0.15) is 51.4 Å². The predicted molar refractivity (Wildman–Crippen MR) is 135 cm³/mol. The summed E-state index contributed by atoms with van der Waals surface area (Å²) in [7, 11) is 3.15. The van der Waals surface area contributed by atoms with Gasteiger partial charge in [0.15, 0.2) is 11.6 Å². The Hall–Kier alpha value is -1.88. The molecule has 6 saturated heterocycles. The average Bonchev–Trinajstić information content (AvgIpc) is 2.96. The maximum absolute atomic E-state index is 13.1. The lowest BCUT2D eigenvalue weighted by molar-refractivity contribution is -0.173. The number of carbonyl (C=O) groups is 4. The van der Waals surface area contributed by atoms with E-state index in [2.05, 4.69) is 9.80 Å². The fourth-order valence-corrected chi connectivity index (χ4v) is 7.60. The van der Waals surface area contributed by atoms with Crippen LogP contribution < -0.4 is 0 Å². The van der Waals surface area contributed by atoms with Gasteiger partial charge in [-0.3, -0.25) is 29.0 Å². The minimum absolute atomic E-state index is 0.0179. The first-order valence-electron chi connectivity index (χ1n) is 14.2. The van der Waals surface area contributed by atoms with Gasteiger partial charge in [0.2, 0.25) is 0 Å². The van der Waals surface area contributed by atoms with Crippen molar-refractivity contribution in [2.24, 2.45) is 23.7 Å². The van der Waals surface area contributed by atoms with Gasteiger partial charge >= 0.3 is 11.9 Å². The van der Waals surface area contributed by atoms with E-state index in [0.29, 0.717) is 25.7 Å². The standard InChI is InChI=1S/C28H42N2O8/c1-35-15-27(23(31)19-7-11-29(27)12-8-19)17-37-25(33)21-3-5-22(6-4-21)26(34)38-18-28(16-36-2)24(32)20-9-13-30(28)14-10-20/h19-22H,3-18H2,1-2H3/t21?,22?,27-,28-/m1/s1. The Labute approximate surface area is 224 Å². The molecule has 0 N–H and O–H groups in total. The largest absolute Gasteiger partial charge is 0.463 e. The maximum Gasteiger partial charge on any atom is 0.309 e. The second-order valence-electron chi connectivity index (χ2n) is 11.9. The van der Waals surface area contributed by atoms with E-state index in [4.69, 9.17) is 18.9 Å². The van der Waals surface area contributed by atoms with E-state index in [1.807, 2.05) is 0 Å². The smallest absolute Gasteiger partial charge is 0.309 e. The highest BCUT2D eigenvalue weighted by Crippen LogP contribution is 2.39. The van der Waals surface area contributed by atoms with Crippen molar-refractivity contribution in [1.82, 2.24) is 9.80 Å². The maximum atomic E-state index is 13.1. The second-order valence-corrected chi connectivity index (χ2v) is 11.9. The van der Waals surface area contributed by atoms with Gasteiger partial charge in [0.25, 0.3) is 0 Å². The molecule has 0 radical (unpaired) electrons. The zero-order valence-corrected chi connectivity index (χ0v) is 22.8. The molecular formula is C28H42N2O8. The summed E-state index contributed by atoms with van der Waals surface area (Å²) in [6.07, 6.45) is 5.57. The van der Waals surface area contributed by atoms with Gasteiger partial charge in [-0.2, -0.15) is 0 Å². The molecule has 7 rings (SSSR count). The molecule has 7 fully saturated rings. The number of Topliss-reactive ketones (excluding diaryl/α,β-unsaturated/α-hetero) is 2. The lowest BCUT2D eigenvalue weighted by atomic mass is 9.73. The highest BCUT2D eigenvalue weighted by molar-refractivity contribution is 5.93. The normalized spacial score (nSPS) is 40.3. The van der Waals surface area contributed by atoms with Crippen LogP contribution in [0.3, 0.4) is 0 Å². The van der Waals surface area contributed by atoms with Crippen molar-refractivity contribution < 1.29 is 38.1 Å². The van der Waals surface area contributed by atoms with Gasteiger partial charge in [0, 0.05) is 52.2 Å². The average molecular weight is 535 g/mol. The first kappa shape index (κ1) is 27.7. The zero-order chi connectivity index (χ0) is 26.9. The number of ether oxygens (including phenoxy) is 4. The lowest BCUT2D eigenvalue weighted by Gasteiger charge is -2.52. The van der Waals surface area contributed by atoms with Crippen molar-refractivity contribution in [3.8, 4) is 0 Å². The number of hydrogen-bond acceptors (Lipinski definition) is 10. The van der Waals surface area contributed by atoms with Crippen LogP contribution in [0.15, 0.2) is 0 Å². The molecule has 212 valence electrons. The molecule has 0 aromatic carbocycles. The van der Waals surface area contributed by atoms with Gasteiger partial charge in [-0.05, 0) is 51.4 Å². The van der Waals surface area contributed by atoms with E-state index in [9.17, 15) is 19.2 Å². The quantitative estimate of drug-likeness (QED) is 0.380. The molecule has 1 saturated carbocycles. The predicted octanol–water partition coefficient (Wildman–Crippen LogP) is 1.24. The first-order chi connectivity index (χ1) is 18.3. The van der Waals surface area contributed by atoms with Gasteiger partial charge in [0.1, 0.15) is 24.3 Å². The van der Waals surface area contributed by atoms with Crippen LogP contribution in [0.25, 0.3) is 0 Å². The van der Waals surface area contributed by atoms with Crippen molar-refractivity contribution in [2.75, 3.05) is 66.8 Å². The number of fused-ring (bicyclic) bond motifs is 6. The summed E-state index contributed by atoms with van der Waals surface area (Å²) < 4.78 is 22.3. The van der Waals surface area contributed by atoms with Crippen LogP contribution in [0.2, 0.25) is 0 Å². The summed E-state index contributed by atoms with van der Waals surface area (Å²) in [5.41, 5.74) is -1.76. The lowest BCUT2D eigenvalue weighted by Crippen LogP contribution is -2.69. The van der Waals surface area contributed by atoms with Gasteiger partial charge in [-0.1, -0.05) is 0 Å². The number of piperidine rings is 6. The number of esters is 2. The summed E-state index contributed by atoms with van der Waals surface area (Å²) in [6, 6.07) is 0. The highest BCUT2D eigenvalue weighted by atomic mass is 16.5. The Balaban J connectivity index is 1.11. The molecule has 1 aliphatic carbocycles. The van der Waals surface area contributed by atoms with Crippen LogP contribution in [0.5, 0.6) is 0 Å². The van der Waals surface area contributed by atoms with Crippen LogP contribution in [0, 0.1) is 23.7 Å². The number of methoxy groups -OCH3 is 2. The molecule has 6 aliphatic heterocycles. The van der Waals surface area contributed by atoms with E-state index in [0.717, 1.165) is 51.9 Å². The van der Waals surface area contributed by atoms with E-state index < -0.39 is 11.1 Å². The molecule has 0 unspecified atom stereocenters. The fraction of sp³-hybridized carbons (Fsp3) is 0.857. The Kier molecular flexibility index (Phi) is 8.24. The molecule has 10 nitrogen and oxygen atoms in total. The van der Waals surface area contributed by atoms with Crippen molar-refractivity contribution in [2.45, 2.75) is 62.4 Å². The molecule has 6 heterocycles. The summed E-state index contributed by atoms with van der Waals surface area (Å²) in [6.45, 7) is 3.76. The number of hydrogen-bond donors (Lipinski definition) is 0. The number of nitrogens with zero attached hydrogens (tertiary/aromatic N) is 2. The minimum atomic E-state index is -0.878. The Morgan fingerprint density at radius 2 is 0.974 bits per heavy atom. The van der Waals surface area contributed by atoms with Crippen molar-refractivity contribution in [3.05, 3.63) is 0 Å². The van der Waals surface area contributed by atoms with E-state index >= 15 is 0 Å². The fourth-order valence-electron chi connectivity index (χ4n) is 7.60. The van der Waals surface area contributed by atoms with E-state index in [-0.39, 0.29) is 73.6 Å². The number of rotatable bonds is 10. The Bertz CT molecular complexity index is 844. The highest BCUT2D eigenvalue weighted by Gasteiger charge is 2.55. The van der Waals surface area contributed by atoms with Gasteiger partial charge in [0.05, 0.1) is 25.0 Å². The number of ketones is 2. The molecular weight excluding hydrogens is 492 g/mol. The molecule has 38 heavy (non-hydrogen) atoms. The van der Waals surface area contributed by atoms with Crippen LogP contribution >= 0.6 is 0 Å². The molecule has 0 aromatic heterocycles. The monoisotopic (exact) mass is 534 g/mol. The number of carbonyl (C=O) groups excluding carboxylic acids is 4. The Morgan fingerprint density at radius 3 is 1.26 bits per heavy atom. The van der Waals surface area contributed by atoms with Crippen molar-refractivity contribution >= 4 is 23.5 Å². The van der Waals surface area contributed by atoms with Gasteiger partial charge in [-0.15, -0.1) is 0 Å². The molecule has 10 heteroatoms. The molecule has 2 atom stereocenters. The third kappa shape index (κ3) is 4.82. The van der Waals surface area contributed by atoms with Crippen LogP contribution in [0.4, 0.5) is 0 Å².